The van der Waals surface area contributed by atoms with Gasteiger partial charge in [0.15, 0.2) is 0 Å². The normalized spacial score (nSPS) is 23.2. The lowest BCUT2D eigenvalue weighted by atomic mass is 10.1. The molecule has 1 rings (SSSR count). The zero-order valence-electron chi connectivity index (χ0n) is 11.2. The topological polar surface area (TPSA) is 30.5 Å². The molecule has 16 heavy (non-hydrogen) atoms. The fourth-order valence-corrected chi connectivity index (χ4v) is 1.85. The lowest BCUT2D eigenvalue weighted by molar-refractivity contribution is -0.0364. The Morgan fingerprint density at radius 2 is 2.06 bits per heavy atom. The minimum absolute atomic E-state index is 0.298. The molecule has 1 N–H and O–H groups in total. The first kappa shape index (κ1) is 13.9. The second-order valence-electron chi connectivity index (χ2n) is 5.31. The highest BCUT2D eigenvalue weighted by atomic mass is 16.5. The first-order chi connectivity index (χ1) is 7.59. The largest absolute Gasteiger partial charge is 0.376 e. The zero-order valence-corrected chi connectivity index (χ0v) is 11.2. The van der Waals surface area contributed by atoms with Gasteiger partial charge in [-0.25, -0.2) is 0 Å². The number of hydrogen-bond donors (Lipinski definition) is 1. The van der Waals surface area contributed by atoms with E-state index in [-0.39, 0.29) is 0 Å². The molecule has 2 unspecified atom stereocenters. The van der Waals surface area contributed by atoms with Gasteiger partial charge in [-0.2, -0.15) is 0 Å². The quantitative estimate of drug-likeness (QED) is 0.726. The first-order valence-corrected chi connectivity index (χ1v) is 6.56. The Morgan fingerprint density at radius 3 is 2.56 bits per heavy atom. The van der Waals surface area contributed by atoms with Crippen LogP contribution >= 0.6 is 0 Å². The monoisotopic (exact) mass is 229 g/mol. The summed E-state index contributed by atoms with van der Waals surface area (Å²) < 4.78 is 11.5. The Kier molecular flexibility index (Phi) is 6.32. The maximum absolute atomic E-state index is 5.95. The van der Waals surface area contributed by atoms with Crippen LogP contribution in [0.5, 0.6) is 0 Å². The van der Waals surface area contributed by atoms with Crippen LogP contribution in [0.1, 0.15) is 40.5 Å². The van der Waals surface area contributed by atoms with E-state index in [0.717, 1.165) is 26.2 Å². The molecule has 0 aromatic rings. The Labute approximate surface area is 99.9 Å². The van der Waals surface area contributed by atoms with Crippen molar-refractivity contribution in [2.45, 2.75) is 58.8 Å². The fourth-order valence-electron chi connectivity index (χ4n) is 1.85. The Hall–Kier alpha value is -0.120. The fraction of sp³-hybridized carbons (Fsp3) is 1.00. The molecule has 0 amide bonds. The summed E-state index contributed by atoms with van der Waals surface area (Å²) in [5.41, 5.74) is 0. The standard InChI is InChI=1S/C13H27NO2/c1-10(2)13(8-14-11(3)4)16-9-12-6-5-7-15-12/h10-14H,5-9H2,1-4H3. The Morgan fingerprint density at radius 1 is 1.31 bits per heavy atom. The predicted octanol–water partition coefficient (Wildman–Crippen LogP) is 2.20. The van der Waals surface area contributed by atoms with Crippen LogP contribution in [0.15, 0.2) is 0 Å². The summed E-state index contributed by atoms with van der Waals surface area (Å²) >= 11 is 0. The van der Waals surface area contributed by atoms with Gasteiger partial charge in [0.25, 0.3) is 0 Å². The number of hydrogen-bond acceptors (Lipinski definition) is 3. The van der Waals surface area contributed by atoms with E-state index in [0.29, 0.717) is 24.2 Å². The average Bonchev–Trinajstić information content (AvgIpc) is 2.69. The first-order valence-electron chi connectivity index (χ1n) is 6.56. The van der Waals surface area contributed by atoms with E-state index in [1.807, 2.05) is 0 Å². The van der Waals surface area contributed by atoms with Crippen molar-refractivity contribution in [3.05, 3.63) is 0 Å². The van der Waals surface area contributed by atoms with E-state index >= 15 is 0 Å². The summed E-state index contributed by atoms with van der Waals surface area (Å²) in [4.78, 5) is 0. The van der Waals surface area contributed by atoms with Gasteiger partial charge in [-0.1, -0.05) is 27.7 Å². The van der Waals surface area contributed by atoms with Gasteiger partial charge in [0, 0.05) is 19.2 Å². The second-order valence-corrected chi connectivity index (χ2v) is 5.31. The molecule has 1 aliphatic heterocycles. The number of rotatable bonds is 7. The molecule has 0 spiro atoms. The van der Waals surface area contributed by atoms with E-state index in [1.54, 1.807) is 0 Å². The van der Waals surface area contributed by atoms with Gasteiger partial charge in [0.1, 0.15) is 0 Å². The van der Waals surface area contributed by atoms with Crippen molar-refractivity contribution in [1.82, 2.24) is 5.32 Å². The summed E-state index contributed by atoms with van der Waals surface area (Å²) in [6.07, 6.45) is 2.97. The molecule has 0 aliphatic carbocycles. The van der Waals surface area contributed by atoms with Gasteiger partial charge in [0.2, 0.25) is 0 Å². The molecule has 3 nitrogen and oxygen atoms in total. The van der Waals surface area contributed by atoms with Crippen LogP contribution in [0, 0.1) is 5.92 Å². The molecule has 1 saturated heterocycles. The third kappa shape index (κ3) is 5.28. The molecule has 1 fully saturated rings. The van der Waals surface area contributed by atoms with Crippen molar-refractivity contribution >= 4 is 0 Å². The molecule has 0 saturated carbocycles. The summed E-state index contributed by atoms with van der Waals surface area (Å²) in [6.45, 7) is 11.3. The summed E-state index contributed by atoms with van der Waals surface area (Å²) in [7, 11) is 0. The van der Waals surface area contributed by atoms with Crippen LogP contribution in [-0.2, 0) is 9.47 Å². The van der Waals surface area contributed by atoms with Crippen molar-refractivity contribution in [2.75, 3.05) is 19.8 Å². The third-order valence-corrected chi connectivity index (χ3v) is 2.99. The van der Waals surface area contributed by atoms with Crippen LogP contribution < -0.4 is 5.32 Å². The summed E-state index contributed by atoms with van der Waals surface area (Å²) in [5, 5.41) is 3.44. The maximum atomic E-state index is 5.95. The van der Waals surface area contributed by atoms with E-state index in [2.05, 4.69) is 33.0 Å². The molecule has 1 aliphatic rings. The van der Waals surface area contributed by atoms with E-state index in [9.17, 15) is 0 Å². The molecule has 0 bridgehead atoms. The lowest BCUT2D eigenvalue weighted by Crippen LogP contribution is -2.37. The predicted molar refractivity (Wildman–Crippen MR) is 66.7 cm³/mol. The number of ether oxygens (including phenoxy) is 2. The van der Waals surface area contributed by atoms with Crippen LogP contribution in [0.3, 0.4) is 0 Å². The highest BCUT2D eigenvalue weighted by Crippen LogP contribution is 2.14. The molecule has 96 valence electrons. The van der Waals surface area contributed by atoms with Gasteiger partial charge in [-0.15, -0.1) is 0 Å². The smallest absolute Gasteiger partial charge is 0.0809 e. The minimum atomic E-state index is 0.298. The van der Waals surface area contributed by atoms with Gasteiger partial charge < -0.3 is 14.8 Å². The van der Waals surface area contributed by atoms with Crippen molar-refractivity contribution in [2.24, 2.45) is 5.92 Å². The van der Waals surface area contributed by atoms with Crippen molar-refractivity contribution in [3.63, 3.8) is 0 Å². The maximum Gasteiger partial charge on any atom is 0.0809 e. The molecular weight excluding hydrogens is 202 g/mol. The molecule has 0 aromatic heterocycles. The van der Waals surface area contributed by atoms with Gasteiger partial charge >= 0.3 is 0 Å². The third-order valence-electron chi connectivity index (χ3n) is 2.99. The molecule has 1 heterocycles. The van der Waals surface area contributed by atoms with E-state index in [4.69, 9.17) is 9.47 Å². The van der Waals surface area contributed by atoms with Crippen LogP contribution in [0.25, 0.3) is 0 Å². The van der Waals surface area contributed by atoms with Crippen molar-refractivity contribution in [1.29, 1.82) is 0 Å². The summed E-state index contributed by atoms with van der Waals surface area (Å²) in [5.74, 6) is 0.549. The summed E-state index contributed by atoms with van der Waals surface area (Å²) in [6, 6.07) is 0.521. The van der Waals surface area contributed by atoms with Gasteiger partial charge in [-0.05, 0) is 18.8 Å². The zero-order chi connectivity index (χ0) is 12.0. The van der Waals surface area contributed by atoms with Gasteiger partial charge in [0.05, 0.1) is 18.8 Å². The van der Waals surface area contributed by atoms with E-state index in [1.165, 1.54) is 6.42 Å². The molecule has 0 aromatic carbocycles. The second kappa shape index (κ2) is 7.25. The highest BCUT2D eigenvalue weighted by Gasteiger charge is 2.20. The molecule has 2 atom stereocenters. The van der Waals surface area contributed by atoms with Crippen molar-refractivity contribution < 1.29 is 9.47 Å². The molecule has 0 radical (unpaired) electrons. The molecular formula is C13H27NO2. The van der Waals surface area contributed by atoms with Crippen LogP contribution in [0.2, 0.25) is 0 Å². The number of nitrogens with one attached hydrogen (secondary N) is 1. The average molecular weight is 229 g/mol. The minimum Gasteiger partial charge on any atom is -0.376 e. The van der Waals surface area contributed by atoms with Crippen LogP contribution in [-0.4, -0.2) is 38.0 Å². The molecule has 3 heteroatoms. The van der Waals surface area contributed by atoms with Gasteiger partial charge in [-0.3, -0.25) is 0 Å². The highest BCUT2D eigenvalue weighted by molar-refractivity contribution is 4.70. The Bertz CT molecular complexity index is 177. The van der Waals surface area contributed by atoms with E-state index < -0.39 is 0 Å². The van der Waals surface area contributed by atoms with Crippen molar-refractivity contribution in [3.8, 4) is 0 Å². The Balaban J connectivity index is 2.21. The SMILES string of the molecule is CC(C)NCC(OCC1CCCO1)C(C)C. The van der Waals surface area contributed by atoms with Crippen LogP contribution in [0.4, 0.5) is 0 Å². The lowest BCUT2D eigenvalue weighted by Gasteiger charge is -2.24.